The molecule has 0 saturated carbocycles. The Hall–Kier alpha value is -0.933. The van der Waals surface area contributed by atoms with E-state index in [2.05, 4.69) is 104 Å². The first kappa shape index (κ1) is 21.4. The molecule has 0 saturated heterocycles. The number of allylic oxidation sites excluding steroid dienone is 8. The second-order valence-electron chi connectivity index (χ2n) is 6.84. The second-order valence-corrected chi connectivity index (χ2v) is 37.6. The molecular formula is C22H24Cl2HfSi. The third-order valence-corrected chi connectivity index (χ3v) is 44.3. The Bertz CT molecular complexity index is 875. The molecular weight excluding hydrogens is 542 g/mol. The van der Waals surface area contributed by atoms with E-state index < -0.39 is 17.1 Å². The SMILES string of the molecule is Cl.Cl.[SiH2]=[Hf]([C]1=CC=CC1)([C]1=CC=CC1)([c]1ccccc1)[c]1ccccc1. The number of benzene rings is 2. The van der Waals surface area contributed by atoms with E-state index in [-0.39, 0.29) is 24.8 Å². The Balaban J connectivity index is 0.00000121. The molecule has 0 N–H and O–H groups in total. The first-order valence-corrected chi connectivity index (χ1v) is 24.1. The Morgan fingerprint density at radius 3 is 1.31 bits per heavy atom. The maximum absolute atomic E-state index is 3.89. The third kappa shape index (κ3) is 3.01. The molecule has 0 atom stereocenters. The molecule has 0 unspecified atom stereocenters. The van der Waals surface area contributed by atoms with Gasteiger partial charge >= 0.3 is 147 Å². The number of hydrogen-bond acceptors (Lipinski definition) is 0. The van der Waals surface area contributed by atoms with Crippen LogP contribution in [0.2, 0.25) is 0 Å². The molecule has 0 aromatic heterocycles. The summed E-state index contributed by atoms with van der Waals surface area (Å²) in [6.45, 7) is 2.35. The standard InChI is InChI=1S/2C6H5.2C5H5.2ClH.Hf.H2Si/c2*1-2-4-6-5-3-1;2*1-2-4-5-3-1;;;;/h2*1-5H;2*1-3H,4H2;2*1H;;1H2. The van der Waals surface area contributed by atoms with Crippen molar-refractivity contribution in [1.82, 2.24) is 0 Å². The molecule has 2 aromatic carbocycles. The van der Waals surface area contributed by atoms with E-state index in [0.29, 0.717) is 0 Å². The number of rotatable bonds is 4. The van der Waals surface area contributed by atoms with Crippen molar-refractivity contribution >= 4 is 38.4 Å². The minimum atomic E-state index is -3.89. The molecule has 0 radical (unpaired) electrons. The quantitative estimate of drug-likeness (QED) is 0.482. The Morgan fingerprint density at radius 2 is 1.00 bits per heavy atom. The van der Waals surface area contributed by atoms with Crippen LogP contribution in [0.3, 0.4) is 0 Å². The van der Waals surface area contributed by atoms with Gasteiger partial charge in [-0.15, -0.1) is 24.8 Å². The van der Waals surface area contributed by atoms with Gasteiger partial charge in [0.2, 0.25) is 0 Å². The summed E-state index contributed by atoms with van der Waals surface area (Å²) in [5.74, 6) is 0. The first-order valence-electron chi connectivity index (χ1n) is 8.61. The van der Waals surface area contributed by atoms with Gasteiger partial charge in [0, 0.05) is 0 Å². The minimum absolute atomic E-state index is 0. The Labute approximate surface area is 171 Å². The molecule has 4 rings (SSSR count). The van der Waals surface area contributed by atoms with Gasteiger partial charge < -0.3 is 0 Å². The molecule has 0 bridgehead atoms. The van der Waals surface area contributed by atoms with Crippen LogP contribution >= 0.6 is 24.8 Å². The van der Waals surface area contributed by atoms with Gasteiger partial charge in [0.1, 0.15) is 0 Å². The third-order valence-electron chi connectivity index (χ3n) is 5.78. The van der Waals surface area contributed by atoms with E-state index in [1.807, 2.05) is 0 Å². The second kappa shape index (κ2) is 8.39. The van der Waals surface area contributed by atoms with Crippen LogP contribution in [0.4, 0.5) is 0 Å². The molecule has 26 heavy (non-hydrogen) atoms. The normalized spacial score (nSPS) is 15.7. The number of halogens is 2. The van der Waals surface area contributed by atoms with Crippen LogP contribution in [0, 0.1) is 0 Å². The summed E-state index contributed by atoms with van der Waals surface area (Å²) in [6, 6.07) is 22.7. The van der Waals surface area contributed by atoms with Crippen molar-refractivity contribution in [3.05, 3.63) is 104 Å². The zero-order valence-corrected chi connectivity index (χ0v) is 21.3. The van der Waals surface area contributed by atoms with Crippen LogP contribution < -0.4 is 6.64 Å². The molecule has 0 heterocycles. The van der Waals surface area contributed by atoms with E-state index in [0.717, 1.165) is 12.8 Å². The summed E-state index contributed by atoms with van der Waals surface area (Å²) in [6.07, 6.45) is 16.2. The van der Waals surface area contributed by atoms with E-state index in [9.17, 15) is 0 Å². The molecule has 0 spiro atoms. The fraction of sp³-hybridized carbons (Fsp3) is 0.0909. The van der Waals surface area contributed by atoms with E-state index >= 15 is 0 Å². The van der Waals surface area contributed by atoms with Crippen molar-refractivity contribution in [2.24, 2.45) is 0 Å². The van der Waals surface area contributed by atoms with Crippen LogP contribution in [-0.4, -0.2) is 6.94 Å². The van der Waals surface area contributed by atoms with E-state index in [4.69, 9.17) is 0 Å². The van der Waals surface area contributed by atoms with Gasteiger partial charge in [-0.1, -0.05) is 0 Å². The van der Waals surface area contributed by atoms with Gasteiger partial charge in [-0.2, -0.15) is 0 Å². The first-order chi connectivity index (χ1) is 11.7. The summed E-state index contributed by atoms with van der Waals surface area (Å²) in [7, 11) is 0. The van der Waals surface area contributed by atoms with Crippen molar-refractivity contribution in [3.63, 3.8) is 0 Å². The van der Waals surface area contributed by atoms with Crippen molar-refractivity contribution in [3.8, 4) is 0 Å². The van der Waals surface area contributed by atoms with Gasteiger partial charge in [-0.05, 0) is 0 Å². The summed E-state index contributed by atoms with van der Waals surface area (Å²) in [5.41, 5.74) is 0. The molecule has 2 aromatic rings. The summed E-state index contributed by atoms with van der Waals surface area (Å²) in [5, 5.41) is 0. The molecule has 0 nitrogen and oxygen atoms in total. The molecule has 2 aliphatic carbocycles. The molecule has 4 heteroatoms. The van der Waals surface area contributed by atoms with Crippen LogP contribution in [0.15, 0.2) is 104 Å². The average molecular weight is 566 g/mol. The monoisotopic (exact) mass is 566 g/mol. The topological polar surface area (TPSA) is 0 Å². The van der Waals surface area contributed by atoms with Crippen LogP contribution in [-0.2, 0) is 17.1 Å². The Morgan fingerprint density at radius 1 is 0.615 bits per heavy atom. The van der Waals surface area contributed by atoms with Crippen LogP contribution in [0.1, 0.15) is 12.8 Å². The van der Waals surface area contributed by atoms with Gasteiger partial charge in [-0.25, -0.2) is 0 Å². The van der Waals surface area contributed by atoms with Crippen molar-refractivity contribution < 1.29 is 17.1 Å². The van der Waals surface area contributed by atoms with Crippen molar-refractivity contribution in [1.29, 1.82) is 0 Å². The molecule has 0 aliphatic heterocycles. The fourth-order valence-electron chi connectivity index (χ4n) is 4.44. The van der Waals surface area contributed by atoms with E-state index in [1.54, 1.807) is 13.3 Å². The predicted molar refractivity (Wildman–Crippen MR) is 119 cm³/mol. The average Bonchev–Trinajstić information content (AvgIpc) is 3.37. The van der Waals surface area contributed by atoms with E-state index in [1.165, 1.54) is 0 Å². The molecule has 0 amide bonds. The van der Waals surface area contributed by atoms with Gasteiger partial charge in [-0.3, -0.25) is 0 Å². The molecule has 0 fully saturated rings. The van der Waals surface area contributed by atoms with Gasteiger partial charge in [0.05, 0.1) is 0 Å². The predicted octanol–water partition coefficient (Wildman–Crippen LogP) is 4.41. The summed E-state index contributed by atoms with van der Waals surface area (Å²) < 4.78 is 6.50. The number of hydrogen-bond donors (Lipinski definition) is 0. The van der Waals surface area contributed by atoms with Crippen LogP contribution in [0.5, 0.6) is 0 Å². The zero-order valence-electron chi connectivity index (χ0n) is 14.7. The van der Waals surface area contributed by atoms with Gasteiger partial charge in [0.25, 0.3) is 0 Å². The fourth-order valence-corrected chi connectivity index (χ4v) is 34.7. The van der Waals surface area contributed by atoms with Crippen molar-refractivity contribution in [2.75, 3.05) is 0 Å². The summed E-state index contributed by atoms with van der Waals surface area (Å²) >= 11 is -3.89. The van der Waals surface area contributed by atoms with Gasteiger partial charge in [0.15, 0.2) is 0 Å². The Kier molecular flexibility index (Phi) is 6.90. The summed E-state index contributed by atoms with van der Waals surface area (Å²) in [4.78, 5) is 0. The molecule has 134 valence electrons. The zero-order chi connectivity index (χ0) is 16.5. The van der Waals surface area contributed by atoms with Crippen LogP contribution in [0.25, 0.3) is 0 Å². The molecule has 2 aliphatic rings. The maximum atomic E-state index is 2.42. The van der Waals surface area contributed by atoms with Crippen molar-refractivity contribution in [2.45, 2.75) is 12.8 Å².